The van der Waals surface area contributed by atoms with E-state index in [0.717, 1.165) is 10.5 Å². The molecular formula is C12H12N2O5. The molecule has 2 rings (SSSR count). The van der Waals surface area contributed by atoms with Gasteiger partial charge in [0.25, 0.3) is 0 Å². The Morgan fingerprint density at radius 3 is 2.58 bits per heavy atom. The van der Waals surface area contributed by atoms with Gasteiger partial charge in [0.2, 0.25) is 5.91 Å². The van der Waals surface area contributed by atoms with Crippen LogP contribution in [0.15, 0.2) is 30.3 Å². The molecule has 1 heterocycles. The molecule has 1 amide bonds. The summed E-state index contributed by atoms with van der Waals surface area (Å²) >= 11 is 0. The Morgan fingerprint density at radius 1 is 1.42 bits per heavy atom. The minimum atomic E-state index is -1.73. The normalized spacial score (nSPS) is 15.6. The number of hydrogen-bond acceptors (Lipinski definition) is 5. The van der Waals surface area contributed by atoms with E-state index in [-0.39, 0.29) is 19.6 Å². The smallest absolute Gasteiger partial charge is 0.404 e. The highest BCUT2D eigenvalue weighted by atomic mass is 16.6. The van der Waals surface area contributed by atoms with Gasteiger partial charge < -0.3 is 4.74 Å². The second-order valence-electron chi connectivity index (χ2n) is 4.09. The second-order valence-corrected chi connectivity index (χ2v) is 4.09. The van der Waals surface area contributed by atoms with E-state index in [9.17, 15) is 19.7 Å². The van der Waals surface area contributed by atoms with E-state index < -0.39 is 23.0 Å². The number of β-lactam (4-membered cyclic amide) rings is 1. The molecular weight excluding hydrogens is 252 g/mol. The fourth-order valence-corrected chi connectivity index (χ4v) is 1.72. The average Bonchev–Trinajstić information content (AvgIpc) is 2.41. The van der Waals surface area contributed by atoms with Crippen LogP contribution in [0.1, 0.15) is 12.0 Å². The Balaban J connectivity index is 1.97. The molecule has 7 nitrogen and oxygen atoms in total. The van der Waals surface area contributed by atoms with Gasteiger partial charge in [0.05, 0.1) is 4.92 Å². The third kappa shape index (κ3) is 2.87. The highest BCUT2D eigenvalue weighted by Gasteiger charge is 2.45. The van der Waals surface area contributed by atoms with E-state index in [1.165, 1.54) is 0 Å². The zero-order valence-electron chi connectivity index (χ0n) is 10.0. The average molecular weight is 264 g/mol. The Bertz CT molecular complexity index is 502. The number of nitrogens with zero attached hydrogens (tertiary/aromatic N) is 2. The molecule has 1 fully saturated rings. The SMILES string of the molecule is O=C(OCc1ccccc1)C(N1CCC1=O)[N+](=O)[O-]. The zero-order chi connectivity index (χ0) is 13.8. The van der Waals surface area contributed by atoms with Crippen molar-refractivity contribution in [3.8, 4) is 0 Å². The molecule has 0 N–H and O–H groups in total. The van der Waals surface area contributed by atoms with E-state index in [1.807, 2.05) is 6.07 Å². The van der Waals surface area contributed by atoms with Crippen molar-refractivity contribution >= 4 is 11.9 Å². The summed E-state index contributed by atoms with van der Waals surface area (Å²) < 4.78 is 4.88. The van der Waals surface area contributed by atoms with Crippen molar-refractivity contribution in [2.45, 2.75) is 19.2 Å². The minimum absolute atomic E-state index is 0.0496. The Hall–Kier alpha value is -2.44. The molecule has 100 valence electrons. The molecule has 1 unspecified atom stereocenters. The predicted octanol–water partition coefficient (Wildman–Crippen LogP) is 0.565. The summed E-state index contributed by atoms with van der Waals surface area (Å²) in [6.07, 6.45) is -1.50. The molecule has 19 heavy (non-hydrogen) atoms. The van der Waals surface area contributed by atoms with E-state index in [2.05, 4.69) is 0 Å². The highest BCUT2D eigenvalue weighted by molar-refractivity contribution is 5.87. The van der Waals surface area contributed by atoms with Crippen molar-refractivity contribution in [3.63, 3.8) is 0 Å². The Morgan fingerprint density at radius 2 is 2.11 bits per heavy atom. The zero-order valence-corrected chi connectivity index (χ0v) is 10.0. The molecule has 1 saturated heterocycles. The van der Waals surface area contributed by atoms with Crippen LogP contribution in [0.5, 0.6) is 0 Å². The summed E-state index contributed by atoms with van der Waals surface area (Å²) in [4.78, 5) is 33.8. The molecule has 0 saturated carbocycles. The van der Waals surface area contributed by atoms with Crippen molar-refractivity contribution < 1.29 is 19.2 Å². The first-order valence-corrected chi connectivity index (χ1v) is 5.73. The monoisotopic (exact) mass is 264 g/mol. The molecule has 0 aromatic heterocycles. The number of esters is 1. The van der Waals surface area contributed by atoms with Crippen LogP contribution in [0, 0.1) is 10.1 Å². The van der Waals surface area contributed by atoms with Gasteiger partial charge in [-0.05, 0) is 5.56 Å². The van der Waals surface area contributed by atoms with Gasteiger partial charge in [-0.1, -0.05) is 30.3 Å². The largest absolute Gasteiger partial charge is 0.454 e. The summed E-state index contributed by atoms with van der Waals surface area (Å²) in [7, 11) is 0. The fraction of sp³-hybridized carbons (Fsp3) is 0.333. The lowest BCUT2D eigenvalue weighted by molar-refractivity contribution is -0.535. The van der Waals surface area contributed by atoms with Crippen LogP contribution in [-0.4, -0.2) is 34.4 Å². The van der Waals surface area contributed by atoms with Crippen LogP contribution < -0.4 is 0 Å². The molecule has 1 aromatic carbocycles. The van der Waals surface area contributed by atoms with Crippen molar-refractivity contribution in [1.82, 2.24) is 4.90 Å². The van der Waals surface area contributed by atoms with Gasteiger partial charge >= 0.3 is 12.1 Å². The van der Waals surface area contributed by atoms with E-state index >= 15 is 0 Å². The maximum absolute atomic E-state index is 11.7. The van der Waals surface area contributed by atoms with Gasteiger partial charge in [0, 0.05) is 13.0 Å². The number of amides is 1. The summed E-state index contributed by atoms with van der Waals surface area (Å²) in [6, 6.07) is 8.83. The number of benzene rings is 1. The highest BCUT2D eigenvalue weighted by Crippen LogP contribution is 2.15. The quantitative estimate of drug-likeness (QED) is 0.335. The summed E-state index contributed by atoms with van der Waals surface area (Å²) in [6.45, 7) is 0.164. The lowest BCUT2D eigenvalue weighted by Crippen LogP contribution is -2.56. The maximum Gasteiger partial charge on any atom is 0.404 e. The summed E-state index contributed by atoms with van der Waals surface area (Å²) in [5, 5.41) is 10.8. The number of carbonyl (C=O) groups excluding carboxylic acids is 2. The topological polar surface area (TPSA) is 89.8 Å². The number of ether oxygens (including phenoxy) is 1. The molecule has 0 radical (unpaired) electrons. The van der Waals surface area contributed by atoms with Crippen LogP contribution in [0.2, 0.25) is 0 Å². The Kier molecular flexibility index (Phi) is 3.74. The number of rotatable bonds is 5. The molecule has 1 aromatic rings. The van der Waals surface area contributed by atoms with Crippen molar-refractivity contribution in [3.05, 3.63) is 46.0 Å². The van der Waals surface area contributed by atoms with Gasteiger partial charge in [-0.2, -0.15) is 0 Å². The fourth-order valence-electron chi connectivity index (χ4n) is 1.72. The molecule has 1 aliphatic rings. The maximum atomic E-state index is 11.7. The standard InChI is InChI=1S/C12H12N2O5/c15-10-6-7-13(10)11(14(17)18)12(16)19-8-9-4-2-1-3-5-9/h1-5,11H,6-8H2. The van der Waals surface area contributed by atoms with Gasteiger partial charge in [-0.25, -0.2) is 4.79 Å². The summed E-state index contributed by atoms with van der Waals surface area (Å²) in [5.74, 6) is -1.42. The lowest BCUT2D eigenvalue weighted by Gasteiger charge is -2.31. The summed E-state index contributed by atoms with van der Waals surface area (Å²) in [5.41, 5.74) is 0.730. The van der Waals surface area contributed by atoms with Crippen LogP contribution in [0.3, 0.4) is 0 Å². The first-order valence-electron chi connectivity index (χ1n) is 5.73. The van der Waals surface area contributed by atoms with Crippen LogP contribution in [0.25, 0.3) is 0 Å². The van der Waals surface area contributed by atoms with Gasteiger partial charge in [0.1, 0.15) is 6.61 Å². The third-order valence-corrected chi connectivity index (χ3v) is 2.82. The number of nitro groups is 1. The first-order chi connectivity index (χ1) is 9.09. The Labute approximate surface area is 108 Å². The number of hydrogen-bond donors (Lipinski definition) is 0. The lowest BCUT2D eigenvalue weighted by atomic mass is 10.2. The molecule has 0 bridgehead atoms. The van der Waals surface area contributed by atoms with E-state index in [0.29, 0.717) is 0 Å². The number of likely N-dealkylation sites (tertiary alicyclic amines) is 1. The van der Waals surface area contributed by atoms with Crippen LogP contribution in [-0.2, 0) is 20.9 Å². The first kappa shape index (κ1) is 13.0. The van der Waals surface area contributed by atoms with Crippen LogP contribution >= 0.6 is 0 Å². The van der Waals surface area contributed by atoms with Gasteiger partial charge in [0.15, 0.2) is 0 Å². The van der Waals surface area contributed by atoms with Gasteiger partial charge in [-0.15, -0.1) is 0 Å². The molecule has 0 aliphatic carbocycles. The van der Waals surface area contributed by atoms with Crippen molar-refractivity contribution in [2.75, 3.05) is 6.54 Å². The minimum Gasteiger partial charge on any atom is -0.454 e. The third-order valence-electron chi connectivity index (χ3n) is 2.82. The molecule has 1 aliphatic heterocycles. The molecule has 0 spiro atoms. The number of carbonyl (C=O) groups is 2. The van der Waals surface area contributed by atoms with Crippen LogP contribution in [0.4, 0.5) is 0 Å². The van der Waals surface area contributed by atoms with E-state index in [1.54, 1.807) is 24.3 Å². The van der Waals surface area contributed by atoms with Gasteiger partial charge in [-0.3, -0.25) is 19.8 Å². The van der Waals surface area contributed by atoms with Crippen molar-refractivity contribution in [2.24, 2.45) is 0 Å². The molecule has 7 heteroatoms. The predicted molar refractivity (Wildman–Crippen MR) is 63.4 cm³/mol. The second kappa shape index (κ2) is 5.47. The molecule has 1 atom stereocenters. The van der Waals surface area contributed by atoms with Crippen molar-refractivity contribution in [1.29, 1.82) is 0 Å². The van der Waals surface area contributed by atoms with E-state index in [4.69, 9.17) is 4.74 Å².